The molecule has 2 heterocycles. The van der Waals surface area contributed by atoms with Gasteiger partial charge in [0.15, 0.2) is 0 Å². The fraction of sp³-hybridized carbons (Fsp3) is 0.304. The van der Waals surface area contributed by atoms with Crippen molar-refractivity contribution in [2.75, 3.05) is 26.2 Å². The van der Waals surface area contributed by atoms with Crippen LogP contribution in [0, 0.1) is 0 Å². The second-order valence-corrected chi connectivity index (χ2v) is 7.81. The summed E-state index contributed by atoms with van der Waals surface area (Å²) < 4.78 is 0. The molecular weight excluding hydrogens is 410 g/mol. The monoisotopic (exact) mass is 435 g/mol. The Hall–Kier alpha value is -3.88. The standard InChI is InChI=1S/C23H25N5O4/c29-20-14-28(10-9-24-20)22(31)18-5-1-15(2-6-18)12-26-23(32)27-13-16-3-4-17-7-8-25-21(30)19(17)11-16/h1-6,11H,7-10,12-14H2,(H,24,29)(H,25,30)(H2,26,27,32). The van der Waals surface area contributed by atoms with Crippen LogP contribution in [0.3, 0.4) is 0 Å². The number of benzene rings is 2. The van der Waals surface area contributed by atoms with Crippen LogP contribution in [-0.4, -0.2) is 54.8 Å². The molecule has 2 aromatic carbocycles. The zero-order valence-electron chi connectivity index (χ0n) is 17.6. The van der Waals surface area contributed by atoms with Gasteiger partial charge < -0.3 is 26.2 Å². The highest BCUT2D eigenvalue weighted by Gasteiger charge is 2.22. The number of carbonyl (C=O) groups is 4. The largest absolute Gasteiger partial charge is 0.353 e. The smallest absolute Gasteiger partial charge is 0.315 e. The number of piperazine rings is 1. The number of fused-ring (bicyclic) bond motifs is 1. The summed E-state index contributed by atoms with van der Waals surface area (Å²) in [5.41, 5.74) is 3.89. The molecule has 0 bridgehead atoms. The minimum Gasteiger partial charge on any atom is -0.353 e. The van der Waals surface area contributed by atoms with Crippen LogP contribution in [0.15, 0.2) is 42.5 Å². The highest BCUT2D eigenvalue weighted by molar-refractivity contribution is 5.97. The van der Waals surface area contributed by atoms with E-state index < -0.39 is 0 Å². The third-order valence-electron chi connectivity index (χ3n) is 5.53. The number of nitrogens with zero attached hydrogens (tertiary/aromatic N) is 1. The fourth-order valence-electron chi connectivity index (χ4n) is 3.76. The molecule has 0 unspecified atom stereocenters. The molecule has 2 aliphatic rings. The first-order chi connectivity index (χ1) is 15.5. The third-order valence-corrected chi connectivity index (χ3v) is 5.53. The van der Waals surface area contributed by atoms with E-state index in [1.807, 2.05) is 18.2 Å². The summed E-state index contributed by atoms with van der Waals surface area (Å²) >= 11 is 0. The van der Waals surface area contributed by atoms with Crippen LogP contribution >= 0.6 is 0 Å². The summed E-state index contributed by atoms with van der Waals surface area (Å²) in [7, 11) is 0. The first-order valence-corrected chi connectivity index (χ1v) is 10.6. The molecular formula is C23H25N5O4. The van der Waals surface area contributed by atoms with Crippen molar-refractivity contribution >= 4 is 23.8 Å². The minimum atomic E-state index is -0.327. The summed E-state index contributed by atoms with van der Waals surface area (Å²) in [6.07, 6.45) is 0.813. The van der Waals surface area contributed by atoms with Crippen molar-refractivity contribution in [3.8, 4) is 0 Å². The molecule has 5 amide bonds. The number of nitrogens with one attached hydrogen (secondary N) is 4. The molecule has 0 aliphatic carbocycles. The molecule has 0 spiro atoms. The third kappa shape index (κ3) is 5.05. The van der Waals surface area contributed by atoms with Crippen LogP contribution in [0.4, 0.5) is 4.79 Å². The van der Waals surface area contributed by atoms with Crippen LogP contribution in [0.2, 0.25) is 0 Å². The highest BCUT2D eigenvalue weighted by Crippen LogP contribution is 2.16. The summed E-state index contributed by atoms with van der Waals surface area (Å²) in [6, 6.07) is 12.3. The normalized spacial score (nSPS) is 15.3. The van der Waals surface area contributed by atoms with Gasteiger partial charge >= 0.3 is 6.03 Å². The second-order valence-electron chi connectivity index (χ2n) is 7.81. The molecule has 0 radical (unpaired) electrons. The number of rotatable bonds is 5. The lowest BCUT2D eigenvalue weighted by molar-refractivity contribution is -0.123. The summed E-state index contributed by atoms with van der Waals surface area (Å²) in [4.78, 5) is 49.6. The first kappa shape index (κ1) is 21.4. The molecule has 0 saturated carbocycles. The second kappa shape index (κ2) is 9.51. The van der Waals surface area contributed by atoms with E-state index in [1.54, 1.807) is 24.3 Å². The van der Waals surface area contributed by atoms with E-state index in [-0.39, 0.29) is 30.3 Å². The van der Waals surface area contributed by atoms with Crippen LogP contribution in [0.25, 0.3) is 0 Å². The van der Waals surface area contributed by atoms with Gasteiger partial charge in [0.2, 0.25) is 5.91 Å². The molecule has 4 rings (SSSR count). The molecule has 32 heavy (non-hydrogen) atoms. The van der Waals surface area contributed by atoms with E-state index in [0.29, 0.717) is 43.9 Å². The van der Waals surface area contributed by atoms with Gasteiger partial charge in [-0.05, 0) is 41.3 Å². The maximum atomic E-state index is 12.5. The van der Waals surface area contributed by atoms with Crippen molar-refractivity contribution in [1.82, 2.24) is 26.2 Å². The Kier molecular flexibility index (Phi) is 6.34. The molecule has 0 atom stereocenters. The molecule has 1 fully saturated rings. The van der Waals surface area contributed by atoms with Gasteiger partial charge in [0, 0.05) is 43.9 Å². The van der Waals surface area contributed by atoms with Gasteiger partial charge in [0.1, 0.15) is 0 Å². The van der Waals surface area contributed by atoms with Crippen molar-refractivity contribution in [1.29, 1.82) is 0 Å². The Morgan fingerprint density at radius 1 is 0.906 bits per heavy atom. The first-order valence-electron chi connectivity index (χ1n) is 10.6. The number of hydrogen-bond donors (Lipinski definition) is 4. The molecule has 2 aromatic rings. The number of amides is 5. The Labute approximate surface area is 185 Å². The molecule has 2 aliphatic heterocycles. The molecule has 1 saturated heterocycles. The van der Waals surface area contributed by atoms with Gasteiger partial charge in [0.05, 0.1) is 6.54 Å². The SMILES string of the molecule is O=C1CN(C(=O)c2ccc(CNC(=O)NCc3ccc4c(c3)C(=O)NCC4)cc2)CCN1. The van der Waals surface area contributed by atoms with Crippen LogP contribution in [0.1, 0.15) is 37.4 Å². The lowest BCUT2D eigenvalue weighted by Crippen LogP contribution is -2.49. The van der Waals surface area contributed by atoms with Gasteiger partial charge in [-0.1, -0.05) is 24.3 Å². The van der Waals surface area contributed by atoms with Crippen LogP contribution in [0.5, 0.6) is 0 Å². The van der Waals surface area contributed by atoms with Gasteiger partial charge in [-0.25, -0.2) is 4.79 Å². The predicted molar refractivity (Wildman–Crippen MR) is 117 cm³/mol. The summed E-state index contributed by atoms with van der Waals surface area (Å²) in [6.45, 7) is 2.28. The molecule has 9 heteroatoms. The topological polar surface area (TPSA) is 120 Å². The molecule has 9 nitrogen and oxygen atoms in total. The fourth-order valence-corrected chi connectivity index (χ4v) is 3.76. The van der Waals surface area contributed by atoms with Gasteiger partial charge in [-0.2, -0.15) is 0 Å². The predicted octanol–water partition coefficient (Wildman–Crippen LogP) is 0.544. The Morgan fingerprint density at radius 3 is 2.38 bits per heavy atom. The van der Waals surface area contributed by atoms with E-state index in [4.69, 9.17) is 0 Å². The van der Waals surface area contributed by atoms with Crippen LogP contribution in [-0.2, 0) is 24.3 Å². The molecule has 4 N–H and O–H groups in total. The van der Waals surface area contributed by atoms with E-state index >= 15 is 0 Å². The van der Waals surface area contributed by atoms with Gasteiger partial charge in [-0.3, -0.25) is 14.4 Å². The zero-order valence-corrected chi connectivity index (χ0v) is 17.6. The van der Waals surface area contributed by atoms with Crippen molar-refractivity contribution < 1.29 is 19.2 Å². The lowest BCUT2D eigenvalue weighted by atomic mass is 9.98. The lowest BCUT2D eigenvalue weighted by Gasteiger charge is -2.26. The van der Waals surface area contributed by atoms with E-state index in [0.717, 1.165) is 23.1 Å². The van der Waals surface area contributed by atoms with Crippen LogP contribution < -0.4 is 21.3 Å². The zero-order chi connectivity index (χ0) is 22.5. The number of hydrogen-bond acceptors (Lipinski definition) is 4. The van der Waals surface area contributed by atoms with Crippen molar-refractivity contribution in [2.24, 2.45) is 0 Å². The van der Waals surface area contributed by atoms with Crippen molar-refractivity contribution in [2.45, 2.75) is 19.5 Å². The summed E-state index contributed by atoms with van der Waals surface area (Å²) in [5.74, 6) is -0.422. The Balaban J connectivity index is 1.25. The average Bonchev–Trinajstić information content (AvgIpc) is 2.81. The minimum absolute atomic E-state index is 0.0667. The summed E-state index contributed by atoms with van der Waals surface area (Å²) in [5, 5.41) is 11.1. The van der Waals surface area contributed by atoms with E-state index in [2.05, 4.69) is 21.3 Å². The molecule has 0 aromatic heterocycles. The highest BCUT2D eigenvalue weighted by atomic mass is 16.2. The van der Waals surface area contributed by atoms with E-state index in [1.165, 1.54) is 4.90 Å². The Morgan fingerprint density at radius 2 is 1.62 bits per heavy atom. The van der Waals surface area contributed by atoms with E-state index in [9.17, 15) is 19.2 Å². The molecule has 166 valence electrons. The quantitative estimate of drug-likeness (QED) is 0.548. The van der Waals surface area contributed by atoms with Crippen molar-refractivity contribution in [3.63, 3.8) is 0 Å². The Bertz CT molecular complexity index is 1050. The van der Waals surface area contributed by atoms with Crippen molar-refractivity contribution in [3.05, 3.63) is 70.3 Å². The number of carbonyl (C=O) groups excluding carboxylic acids is 4. The maximum Gasteiger partial charge on any atom is 0.315 e. The number of urea groups is 1. The average molecular weight is 435 g/mol. The van der Waals surface area contributed by atoms with Gasteiger partial charge in [-0.15, -0.1) is 0 Å². The van der Waals surface area contributed by atoms with Gasteiger partial charge in [0.25, 0.3) is 11.8 Å². The maximum absolute atomic E-state index is 12.5.